The van der Waals surface area contributed by atoms with E-state index in [0.717, 1.165) is 22.4 Å². The largest absolute Gasteiger partial charge is 0.463 e. The highest BCUT2D eigenvalue weighted by atomic mass is 35.5. The fourth-order valence-electron chi connectivity index (χ4n) is 3.78. The molecule has 0 N–H and O–H groups in total. The summed E-state index contributed by atoms with van der Waals surface area (Å²) in [7, 11) is 0. The van der Waals surface area contributed by atoms with E-state index >= 15 is 0 Å². The lowest BCUT2D eigenvalue weighted by atomic mass is 9.96. The van der Waals surface area contributed by atoms with E-state index < -0.39 is 6.23 Å². The van der Waals surface area contributed by atoms with E-state index in [-0.39, 0.29) is 17.7 Å². The summed E-state index contributed by atoms with van der Waals surface area (Å²) in [6.07, 6.45) is 0.000761. The molecule has 3 aromatic carbocycles. The topological polar surface area (TPSA) is 24.8 Å². The fraction of sp³-hybridized carbons (Fsp3) is 0.136. The van der Waals surface area contributed by atoms with Crippen LogP contribution in [0.4, 0.5) is 8.78 Å². The molecule has 0 spiro atoms. The molecule has 29 heavy (non-hydrogen) atoms. The third-order valence-corrected chi connectivity index (χ3v) is 5.64. The van der Waals surface area contributed by atoms with E-state index in [9.17, 15) is 8.78 Å². The Bertz CT molecular complexity index is 1120. The van der Waals surface area contributed by atoms with Crippen LogP contribution < -0.4 is 4.74 Å². The molecule has 0 saturated heterocycles. The van der Waals surface area contributed by atoms with E-state index in [1.54, 1.807) is 30.3 Å². The number of hydrogen-bond acceptors (Lipinski definition) is 3. The predicted molar refractivity (Wildman–Crippen MR) is 108 cm³/mol. The Kier molecular flexibility index (Phi) is 4.45. The SMILES string of the molecule is Fc1ccc(C2=NN3[C@H](C2)c2cc(Cl)cc(Cl)c2O[C@@H]3c2ccc(F)cc2)cc1. The number of hydrazone groups is 1. The van der Waals surface area contributed by atoms with Crippen molar-refractivity contribution in [2.45, 2.75) is 18.7 Å². The summed E-state index contributed by atoms with van der Waals surface area (Å²) in [4.78, 5) is 0. The summed E-state index contributed by atoms with van der Waals surface area (Å²) >= 11 is 12.7. The zero-order chi connectivity index (χ0) is 20.1. The van der Waals surface area contributed by atoms with Gasteiger partial charge in [-0.3, -0.25) is 0 Å². The quantitative estimate of drug-likeness (QED) is 0.462. The minimum Gasteiger partial charge on any atom is -0.463 e. The number of halogens is 4. The van der Waals surface area contributed by atoms with Crippen molar-refractivity contribution in [3.05, 3.63) is 99.0 Å². The molecule has 7 heteroatoms. The van der Waals surface area contributed by atoms with Crippen LogP contribution in [0.25, 0.3) is 0 Å². The molecule has 2 aliphatic heterocycles. The highest BCUT2D eigenvalue weighted by molar-refractivity contribution is 6.35. The van der Waals surface area contributed by atoms with Gasteiger partial charge in [-0.2, -0.15) is 5.10 Å². The third kappa shape index (κ3) is 3.24. The summed E-state index contributed by atoms with van der Waals surface area (Å²) in [6, 6.07) is 15.6. The molecule has 0 fully saturated rings. The summed E-state index contributed by atoms with van der Waals surface area (Å²) in [6.45, 7) is 0. The van der Waals surface area contributed by atoms with E-state index in [1.807, 2.05) is 11.1 Å². The summed E-state index contributed by atoms with van der Waals surface area (Å²) in [5, 5.41) is 7.52. The van der Waals surface area contributed by atoms with Crippen molar-refractivity contribution >= 4 is 28.9 Å². The molecular formula is C22H14Cl2F2N2O. The smallest absolute Gasteiger partial charge is 0.213 e. The van der Waals surface area contributed by atoms with Crippen molar-refractivity contribution in [1.82, 2.24) is 5.01 Å². The Balaban J connectivity index is 1.62. The van der Waals surface area contributed by atoms with Gasteiger partial charge in [0.05, 0.1) is 16.8 Å². The normalized spacial score (nSPS) is 20.0. The van der Waals surface area contributed by atoms with Gasteiger partial charge in [-0.05, 0) is 42.0 Å². The van der Waals surface area contributed by atoms with Gasteiger partial charge in [0.1, 0.15) is 17.4 Å². The van der Waals surface area contributed by atoms with Crippen LogP contribution in [0, 0.1) is 11.6 Å². The highest BCUT2D eigenvalue weighted by Crippen LogP contribution is 2.50. The van der Waals surface area contributed by atoms with E-state index in [4.69, 9.17) is 33.0 Å². The third-order valence-electron chi connectivity index (χ3n) is 5.14. The standard InChI is InChI=1S/C22H14Cl2F2N2O/c23-14-9-17-20-11-19(12-1-5-15(25)6-2-12)27-28(20)22(29-21(17)18(24)10-14)13-3-7-16(26)8-4-13/h1-10,20,22H,11H2/t20-,22-/m1/s1. The molecule has 0 amide bonds. The Morgan fingerprint density at radius 2 is 1.59 bits per heavy atom. The van der Waals surface area contributed by atoms with Gasteiger partial charge in [-0.15, -0.1) is 0 Å². The fourth-order valence-corrected chi connectivity index (χ4v) is 4.33. The molecule has 0 saturated carbocycles. The first kappa shape index (κ1) is 18.4. The van der Waals surface area contributed by atoms with Crippen molar-refractivity contribution in [2.75, 3.05) is 0 Å². The van der Waals surface area contributed by atoms with Gasteiger partial charge in [0.25, 0.3) is 0 Å². The number of hydrogen-bond donors (Lipinski definition) is 0. The van der Waals surface area contributed by atoms with E-state index in [0.29, 0.717) is 22.2 Å². The van der Waals surface area contributed by atoms with Crippen LogP contribution in [0.1, 0.15) is 35.4 Å². The molecule has 3 nitrogen and oxygen atoms in total. The lowest BCUT2D eigenvalue weighted by Crippen LogP contribution is -2.33. The second kappa shape index (κ2) is 7.01. The predicted octanol–water partition coefficient (Wildman–Crippen LogP) is 6.51. The maximum absolute atomic E-state index is 13.4. The average molecular weight is 431 g/mol. The van der Waals surface area contributed by atoms with Crippen LogP contribution in [0.3, 0.4) is 0 Å². The maximum atomic E-state index is 13.4. The second-order valence-electron chi connectivity index (χ2n) is 6.98. The molecule has 146 valence electrons. The van der Waals surface area contributed by atoms with Crippen molar-refractivity contribution in [1.29, 1.82) is 0 Å². The van der Waals surface area contributed by atoms with Gasteiger partial charge in [-0.1, -0.05) is 47.5 Å². The maximum Gasteiger partial charge on any atom is 0.213 e. The minimum absolute atomic E-state index is 0.162. The Hall–Kier alpha value is -2.63. The van der Waals surface area contributed by atoms with Crippen molar-refractivity contribution < 1.29 is 13.5 Å². The van der Waals surface area contributed by atoms with Crippen LogP contribution in [-0.4, -0.2) is 10.7 Å². The first-order valence-electron chi connectivity index (χ1n) is 9.02. The molecule has 0 aromatic heterocycles. The van der Waals surface area contributed by atoms with Crippen LogP contribution >= 0.6 is 23.2 Å². The molecular weight excluding hydrogens is 417 g/mol. The van der Waals surface area contributed by atoms with Gasteiger partial charge >= 0.3 is 0 Å². The Morgan fingerprint density at radius 1 is 0.931 bits per heavy atom. The lowest BCUT2D eigenvalue weighted by molar-refractivity contribution is -0.0189. The Morgan fingerprint density at radius 3 is 2.28 bits per heavy atom. The number of nitrogens with zero attached hydrogens (tertiary/aromatic N) is 2. The molecule has 0 aliphatic carbocycles. The first-order chi connectivity index (χ1) is 14.0. The summed E-state index contributed by atoms with van der Waals surface area (Å²) in [5.74, 6) is -0.0908. The van der Waals surface area contributed by atoms with Crippen molar-refractivity contribution in [3.8, 4) is 5.75 Å². The van der Waals surface area contributed by atoms with Crippen LogP contribution in [0.2, 0.25) is 10.0 Å². The first-order valence-corrected chi connectivity index (χ1v) is 9.78. The van der Waals surface area contributed by atoms with Gasteiger partial charge in [0.2, 0.25) is 6.23 Å². The molecule has 0 bridgehead atoms. The number of fused-ring (bicyclic) bond motifs is 3. The van der Waals surface area contributed by atoms with Crippen LogP contribution in [0.15, 0.2) is 65.8 Å². The zero-order valence-electron chi connectivity index (χ0n) is 14.9. The highest BCUT2D eigenvalue weighted by Gasteiger charge is 2.42. The molecule has 2 aliphatic rings. The van der Waals surface area contributed by atoms with E-state index in [2.05, 4.69) is 0 Å². The van der Waals surface area contributed by atoms with Gasteiger partial charge in [0.15, 0.2) is 0 Å². The summed E-state index contributed by atoms with van der Waals surface area (Å²) < 4.78 is 33.0. The minimum atomic E-state index is -0.579. The van der Waals surface area contributed by atoms with Crippen molar-refractivity contribution in [2.24, 2.45) is 5.10 Å². The number of benzene rings is 3. The molecule has 2 atom stereocenters. The Labute approximate surface area is 176 Å². The van der Waals surface area contributed by atoms with Crippen LogP contribution in [-0.2, 0) is 0 Å². The number of rotatable bonds is 2. The van der Waals surface area contributed by atoms with Gasteiger partial charge in [-0.25, -0.2) is 13.8 Å². The van der Waals surface area contributed by atoms with Crippen LogP contribution in [0.5, 0.6) is 5.75 Å². The van der Waals surface area contributed by atoms with Gasteiger partial charge in [0, 0.05) is 22.6 Å². The summed E-state index contributed by atoms with van der Waals surface area (Å²) in [5.41, 5.74) is 3.21. The van der Waals surface area contributed by atoms with Crippen molar-refractivity contribution in [3.63, 3.8) is 0 Å². The van der Waals surface area contributed by atoms with Gasteiger partial charge < -0.3 is 4.74 Å². The zero-order valence-corrected chi connectivity index (χ0v) is 16.5. The molecule has 3 aromatic rings. The van der Waals surface area contributed by atoms with E-state index in [1.165, 1.54) is 24.3 Å². The molecule has 0 unspecified atom stereocenters. The molecule has 0 radical (unpaired) electrons. The number of ether oxygens (including phenoxy) is 1. The molecule has 5 rings (SSSR count). The molecule has 2 heterocycles. The second-order valence-corrected chi connectivity index (χ2v) is 7.82. The average Bonchev–Trinajstić information content (AvgIpc) is 3.14. The monoisotopic (exact) mass is 430 g/mol. The lowest BCUT2D eigenvalue weighted by Gasteiger charge is -2.38.